The standard InChI is InChI=1S/C14H20O/c1-9(2)13-12-10(3)7-6-8-11(12)14(4,5)15-13/h6-9,13H,1-5H3. The van der Waals surface area contributed by atoms with Crippen molar-refractivity contribution < 1.29 is 4.74 Å². The number of aryl methyl sites for hydroxylation is 1. The molecule has 0 bridgehead atoms. The smallest absolute Gasteiger partial charge is 0.0887 e. The van der Waals surface area contributed by atoms with Gasteiger partial charge in [0.05, 0.1) is 11.7 Å². The number of benzene rings is 1. The SMILES string of the molecule is Cc1cccc2c1C(C(C)C)OC2(C)C. The summed E-state index contributed by atoms with van der Waals surface area (Å²) in [6.07, 6.45) is 0.260. The minimum absolute atomic E-state index is 0.129. The van der Waals surface area contributed by atoms with Gasteiger partial charge in [0, 0.05) is 0 Å². The number of hydrogen-bond acceptors (Lipinski definition) is 1. The van der Waals surface area contributed by atoms with Crippen LogP contribution in [0.2, 0.25) is 0 Å². The third-order valence-corrected chi connectivity index (χ3v) is 3.28. The Morgan fingerprint density at radius 3 is 2.53 bits per heavy atom. The molecule has 1 aromatic carbocycles. The van der Waals surface area contributed by atoms with Crippen LogP contribution in [0.5, 0.6) is 0 Å². The molecule has 0 aromatic heterocycles. The highest BCUT2D eigenvalue weighted by molar-refractivity contribution is 5.42. The maximum atomic E-state index is 6.16. The van der Waals surface area contributed by atoms with Crippen molar-refractivity contribution in [2.24, 2.45) is 5.92 Å². The lowest BCUT2D eigenvalue weighted by atomic mass is 9.89. The highest BCUT2D eigenvalue weighted by Gasteiger charge is 2.39. The zero-order chi connectivity index (χ0) is 11.2. The summed E-state index contributed by atoms with van der Waals surface area (Å²) in [6, 6.07) is 6.51. The summed E-state index contributed by atoms with van der Waals surface area (Å²) in [6.45, 7) is 10.9. The van der Waals surface area contributed by atoms with Crippen molar-refractivity contribution in [3.05, 3.63) is 34.9 Å². The zero-order valence-corrected chi connectivity index (χ0v) is 10.3. The number of rotatable bonds is 1. The normalized spacial score (nSPS) is 23.2. The maximum absolute atomic E-state index is 6.16. The first-order valence-electron chi connectivity index (χ1n) is 5.71. The van der Waals surface area contributed by atoms with Gasteiger partial charge in [-0.1, -0.05) is 32.0 Å². The van der Waals surface area contributed by atoms with Gasteiger partial charge in [-0.2, -0.15) is 0 Å². The largest absolute Gasteiger partial charge is 0.363 e. The minimum atomic E-state index is -0.129. The van der Waals surface area contributed by atoms with Gasteiger partial charge < -0.3 is 4.74 Å². The van der Waals surface area contributed by atoms with Crippen LogP contribution in [0, 0.1) is 12.8 Å². The summed E-state index contributed by atoms with van der Waals surface area (Å²) >= 11 is 0. The van der Waals surface area contributed by atoms with Crippen LogP contribution in [-0.2, 0) is 10.3 Å². The Bertz CT molecular complexity index is 377. The van der Waals surface area contributed by atoms with Crippen molar-refractivity contribution in [1.82, 2.24) is 0 Å². The molecule has 15 heavy (non-hydrogen) atoms. The van der Waals surface area contributed by atoms with E-state index in [4.69, 9.17) is 4.74 Å². The summed E-state index contributed by atoms with van der Waals surface area (Å²) in [4.78, 5) is 0. The van der Waals surface area contributed by atoms with Gasteiger partial charge >= 0.3 is 0 Å². The van der Waals surface area contributed by atoms with Crippen molar-refractivity contribution in [3.8, 4) is 0 Å². The van der Waals surface area contributed by atoms with Crippen LogP contribution in [0.4, 0.5) is 0 Å². The van der Waals surface area contributed by atoms with E-state index in [0.29, 0.717) is 5.92 Å². The summed E-state index contributed by atoms with van der Waals surface area (Å²) in [5, 5.41) is 0. The van der Waals surface area contributed by atoms with Crippen LogP contribution in [0.25, 0.3) is 0 Å². The van der Waals surface area contributed by atoms with Crippen molar-refractivity contribution >= 4 is 0 Å². The quantitative estimate of drug-likeness (QED) is 0.673. The average molecular weight is 204 g/mol. The number of hydrogen-bond donors (Lipinski definition) is 0. The van der Waals surface area contributed by atoms with Gasteiger partial charge in [0.25, 0.3) is 0 Å². The average Bonchev–Trinajstić information content (AvgIpc) is 2.40. The highest BCUT2D eigenvalue weighted by atomic mass is 16.5. The lowest BCUT2D eigenvalue weighted by Gasteiger charge is -2.22. The van der Waals surface area contributed by atoms with Gasteiger partial charge in [-0.3, -0.25) is 0 Å². The molecule has 2 rings (SSSR count). The molecule has 1 atom stereocenters. The molecule has 0 spiro atoms. The number of ether oxygens (including phenoxy) is 1. The lowest BCUT2D eigenvalue weighted by Crippen LogP contribution is -2.17. The second kappa shape index (κ2) is 3.34. The Balaban J connectivity index is 2.58. The van der Waals surface area contributed by atoms with Gasteiger partial charge in [0.1, 0.15) is 0 Å². The topological polar surface area (TPSA) is 9.23 Å². The van der Waals surface area contributed by atoms with E-state index in [-0.39, 0.29) is 11.7 Å². The van der Waals surface area contributed by atoms with Crippen molar-refractivity contribution in [1.29, 1.82) is 0 Å². The first-order valence-corrected chi connectivity index (χ1v) is 5.71. The van der Waals surface area contributed by atoms with Gasteiger partial charge in [-0.05, 0) is 43.4 Å². The van der Waals surface area contributed by atoms with Crippen molar-refractivity contribution in [2.45, 2.75) is 46.3 Å². The van der Waals surface area contributed by atoms with Crippen LogP contribution in [-0.4, -0.2) is 0 Å². The highest BCUT2D eigenvalue weighted by Crippen LogP contribution is 2.47. The fourth-order valence-corrected chi connectivity index (χ4v) is 2.49. The summed E-state index contributed by atoms with van der Waals surface area (Å²) < 4.78 is 6.16. The van der Waals surface area contributed by atoms with Gasteiger partial charge in [0.15, 0.2) is 0 Å². The molecular weight excluding hydrogens is 184 g/mol. The summed E-state index contributed by atoms with van der Waals surface area (Å²) in [5.74, 6) is 0.534. The molecule has 1 heteroatoms. The van der Waals surface area contributed by atoms with E-state index in [1.54, 1.807) is 0 Å². The fourth-order valence-electron chi connectivity index (χ4n) is 2.49. The van der Waals surface area contributed by atoms with E-state index in [1.807, 2.05) is 0 Å². The lowest BCUT2D eigenvalue weighted by molar-refractivity contribution is -0.0711. The Morgan fingerprint density at radius 2 is 1.93 bits per heavy atom. The predicted molar refractivity (Wildman–Crippen MR) is 62.9 cm³/mol. The summed E-state index contributed by atoms with van der Waals surface area (Å²) in [7, 11) is 0. The molecule has 0 fully saturated rings. The van der Waals surface area contributed by atoms with Crippen LogP contribution < -0.4 is 0 Å². The molecule has 0 N–H and O–H groups in total. The molecular formula is C14H20O. The molecule has 1 aliphatic heterocycles. The molecule has 0 saturated heterocycles. The first kappa shape index (κ1) is 10.7. The molecule has 0 saturated carbocycles. The zero-order valence-electron chi connectivity index (χ0n) is 10.3. The Hall–Kier alpha value is -0.820. The third kappa shape index (κ3) is 1.59. The second-order valence-corrected chi connectivity index (χ2v) is 5.33. The Labute approximate surface area is 92.5 Å². The molecule has 1 heterocycles. The van der Waals surface area contributed by atoms with Crippen LogP contribution in [0.15, 0.2) is 18.2 Å². The molecule has 82 valence electrons. The monoisotopic (exact) mass is 204 g/mol. The molecule has 1 aliphatic rings. The van der Waals surface area contributed by atoms with Gasteiger partial charge in [0.2, 0.25) is 0 Å². The van der Waals surface area contributed by atoms with E-state index in [1.165, 1.54) is 16.7 Å². The Morgan fingerprint density at radius 1 is 1.27 bits per heavy atom. The maximum Gasteiger partial charge on any atom is 0.0887 e. The van der Waals surface area contributed by atoms with Crippen LogP contribution >= 0.6 is 0 Å². The molecule has 0 amide bonds. The Kier molecular flexibility index (Phi) is 2.38. The summed E-state index contributed by atoms with van der Waals surface area (Å²) in [5.41, 5.74) is 4.01. The van der Waals surface area contributed by atoms with Crippen LogP contribution in [0.3, 0.4) is 0 Å². The van der Waals surface area contributed by atoms with Crippen molar-refractivity contribution in [3.63, 3.8) is 0 Å². The van der Waals surface area contributed by atoms with Gasteiger partial charge in [-0.25, -0.2) is 0 Å². The molecule has 0 radical (unpaired) electrons. The molecule has 1 unspecified atom stereocenters. The second-order valence-electron chi connectivity index (χ2n) is 5.33. The number of fused-ring (bicyclic) bond motifs is 1. The minimum Gasteiger partial charge on any atom is -0.363 e. The molecule has 0 aliphatic carbocycles. The van der Waals surface area contributed by atoms with Gasteiger partial charge in [-0.15, -0.1) is 0 Å². The molecule has 1 aromatic rings. The third-order valence-electron chi connectivity index (χ3n) is 3.28. The predicted octanol–water partition coefficient (Wildman–Crippen LogP) is 3.96. The first-order chi connectivity index (χ1) is 6.93. The molecule has 1 nitrogen and oxygen atoms in total. The van der Waals surface area contributed by atoms with E-state index in [0.717, 1.165) is 0 Å². The van der Waals surface area contributed by atoms with Crippen LogP contribution in [0.1, 0.15) is 50.5 Å². The fraction of sp³-hybridized carbons (Fsp3) is 0.571. The van der Waals surface area contributed by atoms with E-state index >= 15 is 0 Å². The van der Waals surface area contributed by atoms with Crippen molar-refractivity contribution in [2.75, 3.05) is 0 Å². The van der Waals surface area contributed by atoms with E-state index < -0.39 is 0 Å². The van der Waals surface area contributed by atoms with E-state index in [9.17, 15) is 0 Å². The van der Waals surface area contributed by atoms with E-state index in [2.05, 4.69) is 52.8 Å².